The summed E-state index contributed by atoms with van der Waals surface area (Å²) in [5, 5.41) is 3.46. The van der Waals surface area contributed by atoms with Gasteiger partial charge in [-0.1, -0.05) is 20.3 Å². The van der Waals surface area contributed by atoms with E-state index in [-0.39, 0.29) is 0 Å². The van der Waals surface area contributed by atoms with Crippen LogP contribution in [0.5, 0.6) is 0 Å². The van der Waals surface area contributed by atoms with Gasteiger partial charge in [-0.25, -0.2) is 9.97 Å². The number of hydrogen-bond acceptors (Lipinski definition) is 3. The Morgan fingerprint density at radius 1 is 1.31 bits per heavy atom. The lowest BCUT2D eigenvalue weighted by Crippen LogP contribution is -2.16. The van der Waals surface area contributed by atoms with Crippen molar-refractivity contribution in [1.82, 2.24) is 9.97 Å². The standard InChI is InChI=1S/C13H21N3/c1-3-5-13(6-7-13)9-14-12-8-11(4-2)15-10-16-12/h8,10H,3-7,9H2,1-2H3,(H,14,15,16). The molecule has 1 aliphatic rings. The average molecular weight is 219 g/mol. The van der Waals surface area contributed by atoms with Crippen molar-refractivity contribution < 1.29 is 0 Å². The fourth-order valence-electron chi connectivity index (χ4n) is 2.19. The van der Waals surface area contributed by atoms with Crippen molar-refractivity contribution in [2.75, 3.05) is 11.9 Å². The summed E-state index contributed by atoms with van der Waals surface area (Å²) in [6.45, 7) is 5.45. The van der Waals surface area contributed by atoms with Crippen LogP contribution in [0.3, 0.4) is 0 Å². The van der Waals surface area contributed by atoms with Gasteiger partial charge in [-0.2, -0.15) is 0 Å². The van der Waals surface area contributed by atoms with Gasteiger partial charge in [0.1, 0.15) is 12.1 Å². The van der Waals surface area contributed by atoms with Crippen LogP contribution in [0.15, 0.2) is 12.4 Å². The number of anilines is 1. The van der Waals surface area contributed by atoms with E-state index in [9.17, 15) is 0 Å². The van der Waals surface area contributed by atoms with E-state index in [0.717, 1.165) is 24.5 Å². The Kier molecular flexibility index (Phi) is 3.42. The zero-order valence-electron chi connectivity index (χ0n) is 10.3. The topological polar surface area (TPSA) is 37.8 Å². The Morgan fingerprint density at radius 2 is 2.12 bits per heavy atom. The van der Waals surface area contributed by atoms with Gasteiger partial charge < -0.3 is 5.32 Å². The minimum atomic E-state index is 0.575. The molecular weight excluding hydrogens is 198 g/mol. The van der Waals surface area contributed by atoms with Gasteiger partial charge in [-0.15, -0.1) is 0 Å². The minimum absolute atomic E-state index is 0.575. The summed E-state index contributed by atoms with van der Waals surface area (Å²) in [4.78, 5) is 8.46. The molecule has 0 saturated heterocycles. The lowest BCUT2D eigenvalue weighted by atomic mass is 10.0. The summed E-state index contributed by atoms with van der Waals surface area (Å²) in [5.74, 6) is 0.981. The molecule has 0 radical (unpaired) electrons. The fraction of sp³-hybridized carbons (Fsp3) is 0.692. The van der Waals surface area contributed by atoms with E-state index >= 15 is 0 Å². The van der Waals surface area contributed by atoms with E-state index in [0.29, 0.717) is 5.41 Å². The molecule has 0 aliphatic heterocycles. The highest BCUT2D eigenvalue weighted by Gasteiger charge is 2.41. The number of nitrogens with zero attached hydrogens (tertiary/aromatic N) is 2. The van der Waals surface area contributed by atoms with E-state index < -0.39 is 0 Å². The first kappa shape index (κ1) is 11.4. The Bertz CT molecular complexity index is 345. The zero-order chi connectivity index (χ0) is 11.4. The van der Waals surface area contributed by atoms with Crippen LogP contribution >= 0.6 is 0 Å². The summed E-state index contributed by atoms with van der Waals surface area (Å²) in [7, 11) is 0. The highest BCUT2D eigenvalue weighted by molar-refractivity contribution is 5.35. The van der Waals surface area contributed by atoms with Crippen LogP contribution in [0, 0.1) is 5.41 Å². The molecule has 1 saturated carbocycles. The molecule has 0 atom stereocenters. The molecule has 0 amide bonds. The smallest absolute Gasteiger partial charge is 0.129 e. The molecule has 3 heteroatoms. The lowest BCUT2D eigenvalue weighted by molar-refractivity contribution is 0.485. The van der Waals surface area contributed by atoms with Gasteiger partial charge in [0, 0.05) is 18.3 Å². The molecule has 1 aromatic rings. The predicted octanol–water partition coefficient (Wildman–Crippen LogP) is 3.03. The van der Waals surface area contributed by atoms with Gasteiger partial charge in [0.25, 0.3) is 0 Å². The molecule has 0 aromatic carbocycles. The summed E-state index contributed by atoms with van der Waals surface area (Å²) in [6.07, 6.45) is 7.99. The highest BCUT2D eigenvalue weighted by Crippen LogP contribution is 2.49. The SMILES string of the molecule is CCCC1(CNc2cc(CC)ncn2)CC1. The molecular formula is C13H21N3. The van der Waals surface area contributed by atoms with Crippen molar-refractivity contribution in [2.45, 2.75) is 46.0 Å². The Morgan fingerprint density at radius 3 is 2.75 bits per heavy atom. The first-order chi connectivity index (χ1) is 7.78. The van der Waals surface area contributed by atoms with E-state index in [1.807, 2.05) is 0 Å². The van der Waals surface area contributed by atoms with E-state index in [4.69, 9.17) is 0 Å². The van der Waals surface area contributed by atoms with Gasteiger partial charge in [0.05, 0.1) is 0 Å². The third kappa shape index (κ3) is 2.71. The van der Waals surface area contributed by atoms with Gasteiger partial charge in [-0.05, 0) is 31.1 Å². The molecule has 2 rings (SSSR count). The third-order valence-corrected chi connectivity index (χ3v) is 3.47. The number of aryl methyl sites for hydroxylation is 1. The summed E-state index contributed by atoms with van der Waals surface area (Å²) < 4.78 is 0. The van der Waals surface area contributed by atoms with Crippen LogP contribution in [0.1, 0.15) is 45.2 Å². The van der Waals surface area contributed by atoms with E-state index in [1.165, 1.54) is 25.7 Å². The van der Waals surface area contributed by atoms with E-state index in [2.05, 4.69) is 35.2 Å². The third-order valence-electron chi connectivity index (χ3n) is 3.47. The minimum Gasteiger partial charge on any atom is -0.369 e. The average Bonchev–Trinajstić information content (AvgIpc) is 3.08. The second-order valence-corrected chi connectivity index (χ2v) is 4.85. The van der Waals surface area contributed by atoms with Crippen molar-refractivity contribution in [2.24, 2.45) is 5.41 Å². The van der Waals surface area contributed by atoms with Crippen LogP contribution in [0.4, 0.5) is 5.82 Å². The molecule has 16 heavy (non-hydrogen) atoms. The van der Waals surface area contributed by atoms with Crippen molar-refractivity contribution in [1.29, 1.82) is 0 Å². The van der Waals surface area contributed by atoms with Crippen LogP contribution in [0.25, 0.3) is 0 Å². The van der Waals surface area contributed by atoms with Gasteiger partial charge in [0.2, 0.25) is 0 Å². The number of aromatic nitrogens is 2. The van der Waals surface area contributed by atoms with Crippen molar-refractivity contribution >= 4 is 5.82 Å². The quantitative estimate of drug-likeness (QED) is 0.799. The molecule has 3 nitrogen and oxygen atoms in total. The van der Waals surface area contributed by atoms with Crippen molar-refractivity contribution in [3.63, 3.8) is 0 Å². The summed E-state index contributed by atoms with van der Waals surface area (Å²) in [5.41, 5.74) is 1.68. The first-order valence-electron chi connectivity index (χ1n) is 6.33. The highest BCUT2D eigenvalue weighted by atomic mass is 15.0. The largest absolute Gasteiger partial charge is 0.369 e. The predicted molar refractivity (Wildman–Crippen MR) is 66.5 cm³/mol. The lowest BCUT2D eigenvalue weighted by Gasteiger charge is -2.15. The van der Waals surface area contributed by atoms with Crippen LogP contribution in [-0.4, -0.2) is 16.5 Å². The van der Waals surface area contributed by atoms with Crippen LogP contribution in [-0.2, 0) is 6.42 Å². The van der Waals surface area contributed by atoms with Gasteiger partial charge in [0.15, 0.2) is 0 Å². The number of hydrogen-bond donors (Lipinski definition) is 1. The second-order valence-electron chi connectivity index (χ2n) is 4.85. The Labute approximate surface area is 97.7 Å². The van der Waals surface area contributed by atoms with Crippen molar-refractivity contribution in [3.8, 4) is 0 Å². The zero-order valence-corrected chi connectivity index (χ0v) is 10.3. The second kappa shape index (κ2) is 4.81. The van der Waals surface area contributed by atoms with Gasteiger partial charge in [-0.3, -0.25) is 0 Å². The summed E-state index contributed by atoms with van der Waals surface area (Å²) in [6, 6.07) is 2.06. The van der Waals surface area contributed by atoms with Gasteiger partial charge >= 0.3 is 0 Å². The molecule has 0 spiro atoms. The van der Waals surface area contributed by atoms with Crippen LogP contribution in [0.2, 0.25) is 0 Å². The molecule has 1 aromatic heterocycles. The number of nitrogens with one attached hydrogen (secondary N) is 1. The molecule has 88 valence electrons. The normalized spacial score (nSPS) is 17.1. The fourth-order valence-corrected chi connectivity index (χ4v) is 2.19. The molecule has 1 aliphatic carbocycles. The van der Waals surface area contributed by atoms with E-state index in [1.54, 1.807) is 6.33 Å². The molecule has 1 N–H and O–H groups in total. The first-order valence-corrected chi connectivity index (χ1v) is 6.33. The maximum absolute atomic E-state index is 4.26. The molecule has 1 heterocycles. The molecule has 0 bridgehead atoms. The maximum atomic E-state index is 4.26. The monoisotopic (exact) mass is 219 g/mol. The molecule has 1 fully saturated rings. The Hall–Kier alpha value is -1.12. The summed E-state index contributed by atoms with van der Waals surface area (Å²) >= 11 is 0. The van der Waals surface area contributed by atoms with Crippen LogP contribution < -0.4 is 5.32 Å². The maximum Gasteiger partial charge on any atom is 0.129 e. The number of rotatable bonds is 6. The Balaban J connectivity index is 1.89. The molecule has 0 unspecified atom stereocenters. The van der Waals surface area contributed by atoms with Crippen molar-refractivity contribution in [3.05, 3.63) is 18.1 Å².